The zero-order valence-corrected chi connectivity index (χ0v) is 30.1. The molecule has 10 unspecified atom stereocenters. The molecule has 4 fully saturated rings. The van der Waals surface area contributed by atoms with Crippen LogP contribution in [0.25, 0.3) is 0 Å². The molecule has 0 spiro atoms. The van der Waals surface area contributed by atoms with E-state index in [1.54, 1.807) is 0 Å². The molecule has 4 aliphatic carbocycles. The molecule has 46 heavy (non-hydrogen) atoms. The summed E-state index contributed by atoms with van der Waals surface area (Å²) in [6.45, 7) is 9.15. The Labute approximate surface area is 279 Å². The molecule has 0 heterocycles. The van der Waals surface area contributed by atoms with Crippen LogP contribution in [0, 0.1) is 46.3 Å². The Morgan fingerprint density at radius 2 is 1.61 bits per heavy atom. The second-order valence-corrected chi connectivity index (χ2v) is 17.8. The molecule has 0 saturated heterocycles. The van der Waals surface area contributed by atoms with Gasteiger partial charge in [-0.2, -0.15) is 8.42 Å². The van der Waals surface area contributed by atoms with E-state index in [4.69, 9.17) is 9.29 Å². The van der Waals surface area contributed by atoms with Gasteiger partial charge in [0.15, 0.2) is 0 Å². The summed E-state index contributed by atoms with van der Waals surface area (Å²) in [4.78, 5) is 25.1. The normalized spacial score (nSPS) is 36.3. The van der Waals surface area contributed by atoms with Gasteiger partial charge in [0.2, 0.25) is 5.91 Å². The molecule has 1 amide bonds. The van der Waals surface area contributed by atoms with Crippen LogP contribution in [0.5, 0.6) is 0 Å². The van der Waals surface area contributed by atoms with Crippen molar-refractivity contribution in [2.45, 2.75) is 162 Å². The number of esters is 1. The Hall–Kier alpha value is -1.19. The summed E-state index contributed by atoms with van der Waals surface area (Å²) >= 11 is 0. The third-order valence-electron chi connectivity index (χ3n) is 13.5. The highest BCUT2D eigenvalue weighted by molar-refractivity contribution is 7.85. The third-order valence-corrected chi connectivity index (χ3v) is 14.2. The Morgan fingerprint density at radius 3 is 2.30 bits per heavy atom. The third kappa shape index (κ3) is 9.07. The molecule has 0 aromatic rings. The largest absolute Gasteiger partial charge is 0.462 e. The maximum Gasteiger partial charge on any atom is 0.306 e. The zero-order valence-electron chi connectivity index (χ0n) is 29.3. The van der Waals surface area contributed by atoms with Gasteiger partial charge in [0.1, 0.15) is 6.10 Å². The minimum absolute atomic E-state index is 0.0150. The van der Waals surface area contributed by atoms with Crippen LogP contribution in [0.4, 0.5) is 0 Å². The zero-order chi connectivity index (χ0) is 33.5. The maximum absolute atomic E-state index is 12.7. The first kappa shape index (κ1) is 37.6. The molecule has 0 aliphatic heterocycles. The molecular weight excluding hydrogens is 602 g/mol. The molecule has 4 rings (SSSR count). The number of hydrogen-bond donors (Lipinski definition) is 3. The van der Waals surface area contributed by atoms with Gasteiger partial charge in [0, 0.05) is 19.4 Å². The van der Waals surface area contributed by atoms with Crippen molar-refractivity contribution < 1.29 is 32.4 Å². The van der Waals surface area contributed by atoms with Crippen LogP contribution in [-0.2, 0) is 24.4 Å². The first-order chi connectivity index (χ1) is 21.8. The van der Waals surface area contributed by atoms with E-state index in [1.165, 1.54) is 51.4 Å². The van der Waals surface area contributed by atoms with Crippen LogP contribution < -0.4 is 5.32 Å². The van der Waals surface area contributed by atoms with Crippen molar-refractivity contribution in [1.82, 2.24) is 5.32 Å². The van der Waals surface area contributed by atoms with Gasteiger partial charge in [-0.3, -0.25) is 14.1 Å². The second kappa shape index (κ2) is 16.5. The van der Waals surface area contributed by atoms with Crippen molar-refractivity contribution in [3.8, 4) is 0 Å². The number of fused-ring (bicyclic) bond motifs is 5. The molecule has 0 aromatic carbocycles. The fraction of sp³-hybridized carbons (Fsp3) is 0.946. The highest BCUT2D eigenvalue weighted by Gasteiger charge is 2.63. The van der Waals surface area contributed by atoms with Crippen molar-refractivity contribution in [2.75, 3.05) is 12.3 Å². The highest BCUT2D eigenvalue weighted by Crippen LogP contribution is 2.68. The first-order valence-electron chi connectivity index (χ1n) is 18.9. The van der Waals surface area contributed by atoms with Gasteiger partial charge in [-0.1, -0.05) is 72.6 Å². The smallest absolute Gasteiger partial charge is 0.306 e. The minimum atomic E-state index is -4.09. The fourth-order valence-electron chi connectivity index (χ4n) is 10.9. The molecule has 4 aliphatic rings. The van der Waals surface area contributed by atoms with Gasteiger partial charge in [-0.05, 0) is 111 Å². The van der Waals surface area contributed by atoms with Crippen molar-refractivity contribution in [3.63, 3.8) is 0 Å². The van der Waals surface area contributed by atoms with E-state index in [0.29, 0.717) is 48.9 Å². The van der Waals surface area contributed by atoms with Crippen LogP contribution in [0.2, 0.25) is 0 Å². The molecule has 266 valence electrons. The number of carbonyl (C=O) groups excluding carboxylic acids is 2. The van der Waals surface area contributed by atoms with Crippen LogP contribution in [0.3, 0.4) is 0 Å². The van der Waals surface area contributed by atoms with Gasteiger partial charge in [-0.25, -0.2) is 0 Å². The predicted octanol–water partition coefficient (Wildman–Crippen LogP) is 7.48. The number of nitrogens with one attached hydrogen (secondary N) is 1. The molecule has 0 radical (unpaired) electrons. The van der Waals surface area contributed by atoms with E-state index in [0.717, 1.165) is 51.4 Å². The van der Waals surface area contributed by atoms with Crippen molar-refractivity contribution in [2.24, 2.45) is 46.3 Å². The summed E-state index contributed by atoms with van der Waals surface area (Å²) in [5.41, 5.74) is 0.0171. The topological polar surface area (TPSA) is 130 Å². The quantitative estimate of drug-likeness (QED) is 0.0833. The maximum atomic E-state index is 12.7. The number of ether oxygens (including phenoxy) is 1. The number of carbonyl (C=O) groups is 2. The second-order valence-electron chi connectivity index (χ2n) is 16.2. The van der Waals surface area contributed by atoms with Crippen LogP contribution in [-0.4, -0.2) is 54.5 Å². The number of aliphatic hydroxyl groups is 1. The van der Waals surface area contributed by atoms with Gasteiger partial charge >= 0.3 is 5.97 Å². The van der Waals surface area contributed by atoms with Crippen LogP contribution in [0.1, 0.15) is 150 Å². The van der Waals surface area contributed by atoms with E-state index in [2.05, 4.69) is 33.0 Å². The van der Waals surface area contributed by atoms with Gasteiger partial charge < -0.3 is 15.2 Å². The number of hydrogen-bond acceptors (Lipinski definition) is 6. The van der Waals surface area contributed by atoms with E-state index < -0.39 is 15.9 Å². The molecule has 4 saturated carbocycles. The lowest BCUT2D eigenvalue weighted by molar-refractivity contribution is -0.181. The summed E-state index contributed by atoms with van der Waals surface area (Å²) < 4.78 is 36.8. The van der Waals surface area contributed by atoms with Crippen molar-refractivity contribution in [1.29, 1.82) is 0 Å². The average Bonchev–Trinajstić information content (AvgIpc) is 3.36. The number of aliphatic hydroxyl groups excluding tert-OH is 1. The molecule has 3 N–H and O–H groups in total. The molecule has 9 heteroatoms. The Bertz CT molecular complexity index is 1110. The predicted molar refractivity (Wildman–Crippen MR) is 182 cm³/mol. The summed E-state index contributed by atoms with van der Waals surface area (Å²) in [5.74, 6) is 2.06. The number of rotatable bonds is 17. The highest BCUT2D eigenvalue weighted by atomic mass is 32.2. The fourth-order valence-corrected chi connectivity index (χ4v) is 11.2. The Kier molecular flexibility index (Phi) is 13.5. The van der Waals surface area contributed by atoms with E-state index in [1.807, 2.05) is 0 Å². The Morgan fingerprint density at radius 1 is 0.913 bits per heavy atom. The Balaban J connectivity index is 1.25. The monoisotopic (exact) mass is 667 g/mol. The molecule has 8 nitrogen and oxygen atoms in total. The summed E-state index contributed by atoms with van der Waals surface area (Å²) in [6, 6.07) is 0. The van der Waals surface area contributed by atoms with Crippen LogP contribution in [0.15, 0.2) is 0 Å². The molecule has 0 bridgehead atoms. The number of unbranched alkanes of at least 4 members (excludes halogenated alkanes) is 7. The first-order valence-corrected chi connectivity index (χ1v) is 20.5. The number of amides is 1. The molecule has 10 atom stereocenters. The summed E-state index contributed by atoms with van der Waals surface area (Å²) in [5, 5.41) is 14.5. The van der Waals surface area contributed by atoms with E-state index >= 15 is 0 Å². The van der Waals surface area contributed by atoms with Crippen LogP contribution >= 0.6 is 0 Å². The van der Waals surface area contributed by atoms with Gasteiger partial charge in [-0.15, -0.1) is 0 Å². The minimum Gasteiger partial charge on any atom is -0.462 e. The van der Waals surface area contributed by atoms with E-state index in [9.17, 15) is 23.1 Å². The molecule has 0 aromatic heterocycles. The van der Waals surface area contributed by atoms with Gasteiger partial charge in [0.05, 0.1) is 11.9 Å². The SMILES string of the molecule is CCCCCCCCCCC(=O)OC1CCC2(C)C(CCC3C2CC(O)C2(C)C(C(C)CCC(=O)NCCS(=O)(=O)O)CCC32)C1. The molecular formula is C37H65NO7S. The van der Waals surface area contributed by atoms with E-state index in [-0.39, 0.29) is 47.4 Å². The lowest BCUT2D eigenvalue weighted by atomic mass is 9.43. The summed E-state index contributed by atoms with van der Waals surface area (Å²) in [6.07, 6.45) is 19.4. The summed E-state index contributed by atoms with van der Waals surface area (Å²) in [7, 11) is -4.09. The van der Waals surface area contributed by atoms with Gasteiger partial charge in [0.25, 0.3) is 10.1 Å². The average molecular weight is 668 g/mol. The van der Waals surface area contributed by atoms with Crippen molar-refractivity contribution >= 4 is 22.0 Å². The van der Waals surface area contributed by atoms with Crippen molar-refractivity contribution in [3.05, 3.63) is 0 Å². The standard InChI is InChI=1S/C37H65NO7S/c1-5-6-7-8-9-10-11-12-13-35(41)45-28-20-21-36(3)27(24-28)15-16-29-31-18-17-30(37(31,4)33(39)25-32(29)36)26(2)14-19-34(40)38-22-23-46(42,43)44/h26-33,39H,5-25H2,1-4H3,(H,38,40)(H,42,43,44). The lowest BCUT2D eigenvalue weighted by Crippen LogP contribution is -2.59. The lowest BCUT2D eigenvalue weighted by Gasteiger charge is -2.62.